The second-order valence-electron chi connectivity index (χ2n) is 3.16. The van der Waals surface area contributed by atoms with Crippen molar-refractivity contribution in [3.63, 3.8) is 0 Å². The van der Waals surface area contributed by atoms with E-state index in [9.17, 15) is 0 Å². The molecule has 0 radical (unpaired) electrons. The molecule has 5 heteroatoms. The van der Waals surface area contributed by atoms with Crippen LogP contribution in [-0.2, 0) is 0 Å². The second-order valence-corrected chi connectivity index (χ2v) is 3.16. The van der Waals surface area contributed by atoms with Crippen LogP contribution in [0.4, 0.5) is 0 Å². The first-order valence-corrected chi connectivity index (χ1v) is 4.39. The van der Waals surface area contributed by atoms with Crippen molar-refractivity contribution in [3.8, 4) is 0 Å². The number of aryl methyl sites for hydroxylation is 1. The minimum Gasteiger partial charge on any atom is -0.394 e. The van der Waals surface area contributed by atoms with E-state index in [0.29, 0.717) is 5.69 Å². The smallest absolute Gasteiger partial charge is 0.110 e. The molecule has 0 aliphatic rings. The molecule has 74 valence electrons. The molecule has 14 heavy (non-hydrogen) atoms. The maximum atomic E-state index is 8.96. The van der Waals surface area contributed by atoms with Gasteiger partial charge in [-0.3, -0.25) is 4.98 Å². The van der Waals surface area contributed by atoms with Gasteiger partial charge < -0.3 is 15.2 Å². The van der Waals surface area contributed by atoms with Crippen LogP contribution in [0.3, 0.4) is 0 Å². The van der Waals surface area contributed by atoms with E-state index in [1.807, 2.05) is 17.5 Å². The van der Waals surface area contributed by atoms with E-state index >= 15 is 0 Å². The molecule has 1 unspecified atom stereocenters. The van der Waals surface area contributed by atoms with Crippen molar-refractivity contribution in [3.05, 3.63) is 30.1 Å². The van der Waals surface area contributed by atoms with Gasteiger partial charge in [0.1, 0.15) is 5.82 Å². The van der Waals surface area contributed by atoms with E-state index in [2.05, 4.69) is 9.97 Å². The number of fused-ring (bicyclic) bond motifs is 1. The summed E-state index contributed by atoms with van der Waals surface area (Å²) in [5.74, 6) is 0.848. The molecule has 0 aromatic carbocycles. The van der Waals surface area contributed by atoms with E-state index in [1.165, 1.54) is 0 Å². The largest absolute Gasteiger partial charge is 0.394 e. The van der Waals surface area contributed by atoms with Gasteiger partial charge in [-0.1, -0.05) is 0 Å². The third kappa shape index (κ3) is 1.26. The van der Waals surface area contributed by atoms with E-state index in [4.69, 9.17) is 10.8 Å². The first kappa shape index (κ1) is 9.11. The van der Waals surface area contributed by atoms with Gasteiger partial charge >= 0.3 is 0 Å². The fraction of sp³-hybridized carbons (Fsp3) is 0.333. The van der Waals surface area contributed by atoms with Crippen LogP contribution in [0.1, 0.15) is 17.6 Å². The van der Waals surface area contributed by atoms with Crippen LogP contribution >= 0.6 is 0 Å². The van der Waals surface area contributed by atoms with Crippen molar-refractivity contribution >= 4 is 5.52 Å². The Bertz CT molecular complexity index is 451. The molecule has 0 bridgehead atoms. The molecule has 0 saturated heterocycles. The molecule has 2 rings (SSSR count). The summed E-state index contributed by atoms with van der Waals surface area (Å²) in [4.78, 5) is 8.30. The highest BCUT2D eigenvalue weighted by Gasteiger charge is 2.13. The van der Waals surface area contributed by atoms with E-state index in [0.717, 1.165) is 11.3 Å². The number of nitrogens with zero attached hydrogens (tertiary/aromatic N) is 3. The standard InChI is InChI=1S/C9H12N4O/c1-6-12-9(7(10)5-14)8-4-11-2-3-13(6)8/h2-4,7,14H,5,10H2,1H3. The van der Waals surface area contributed by atoms with Crippen molar-refractivity contribution in [1.82, 2.24) is 14.4 Å². The zero-order chi connectivity index (χ0) is 10.1. The Morgan fingerprint density at radius 2 is 2.43 bits per heavy atom. The number of nitrogens with two attached hydrogens (primary N) is 1. The second kappa shape index (κ2) is 3.36. The first-order chi connectivity index (χ1) is 6.74. The molecule has 2 aromatic rings. The lowest BCUT2D eigenvalue weighted by Gasteiger charge is -2.03. The van der Waals surface area contributed by atoms with Gasteiger partial charge in [0.05, 0.1) is 30.1 Å². The van der Waals surface area contributed by atoms with Gasteiger partial charge in [-0.25, -0.2) is 4.98 Å². The SMILES string of the molecule is Cc1nc(C(N)CO)c2cnccn12. The summed E-state index contributed by atoms with van der Waals surface area (Å²) in [7, 11) is 0. The van der Waals surface area contributed by atoms with Crippen molar-refractivity contribution in [2.45, 2.75) is 13.0 Å². The van der Waals surface area contributed by atoms with Crippen molar-refractivity contribution in [2.75, 3.05) is 6.61 Å². The van der Waals surface area contributed by atoms with Crippen LogP contribution in [0.2, 0.25) is 0 Å². The van der Waals surface area contributed by atoms with E-state index in [-0.39, 0.29) is 6.61 Å². The molecule has 0 aliphatic carbocycles. The number of aliphatic hydroxyl groups excluding tert-OH is 1. The number of aliphatic hydroxyl groups is 1. The van der Waals surface area contributed by atoms with Crippen LogP contribution in [0.15, 0.2) is 18.6 Å². The highest BCUT2D eigenvalue weighted by Crippen LogP contribution is 2.16. The minimum atomic E-state index is -0.442. The summed E-state index contributed by atoms with van der Waals surface area (Å²) < 4.78 is 1.90. The summed E-state index contributed by atoms with van der Waals surface area (Å²) in [5, 5.41) is 8.96. The third-order valence-electron chi connectivity index (χ3n) is 2.20. The number of hydrogen-bond acceptors (Lipinski definition) is 4. The number of rotatable bonds is 2. The quantitative estimate of drug-likeness (QED) is 0.703. The predicted octanol–water partition coefficient (Wildman–Crippen LogP) is 0.0298. The summed E-state index contributed by atoms with van der Waals surface area (Å²) >= 11 is 0. The van der Waals surface area contributed by atoms with Gasteiger partial charge in [-0.15, -0.1) is 0 Å². The lowest BCUT2D eigenvalue weighted by molar-refractivity contribution is 0.266. The normalized spacial score (nSPS) is 13.4. The Morgan fingerprint density at radius 3 is 3.14 bits per heavy atom. The zero-order valence-electron chi connectivity index (χ0n) is 7.88. The maximum absolute atomic E-state index is 8.96. The summed E-state index contributed by atoms with van der Waals surface area (Å²) in [6.07, 6.45) is 5.21. The summed E-state index contributed by atoms with van der Waals surface area (Å²) in [5.41, 5.74) is 7.27. The Hall–Kier alpha value is -1.46. The summed E-state index contributed by atoms with van der Waals surface area (Å²) in [6.45, 7) is 1.78. The predicted molar refractivity (Wildman–Crippen MR) is 51.7 cm³/mol. The Kier molecular flexibility index (Phi) is 2.18. The van der Waals surface area contributed by atoms with Gasteiger partial charge in [-0.2, -0.15) is 0 Å². The molecule has 0 aliphatic heterocycles. The van der Waals surface area contributed by atoms with E-state index in [1.54, 1.807) is 12.4 Å². The molecule has 3 N–H and O–H groups in total. The molecule has 5 nitrogen and oxygen atoms in total. The fourth-order valence-electron chi connectivity index (χ4n) is 1.48. The molecule has 0 fully saturated rings. The first-order valence-electron chi connectivity index (χ1n) is 4.39. The van der Waals surface area contributed by atoms with Gasteiger partial charge in [0.15, 0.2) is 0 Å². The van der Waals surface area contributed by atoms with Crippen molar-refractivity contribution in [1.29, 1.82) is 0 Å². The molecule has 1 atom stereocenters. The van der Waals surface area contributed by atoms with Gasteiger partial charge in [0, 0.05) is 12.4 Å². The lowest BCUT2D eigenvalue weighted by atomic mass is 10.2. The number of imidazole rings is 1. The molecule has 0 amide bonds. The average molecular weight is 192 g/mol. The minimum absolute atomic E-state index is 0.110. The van der Waals surface area contributed by atoms with Crippen molar-refractivity contribution in [2.24, 2.45) is 5.73 Å². The van der Waals surface area contributed by atoms with Crippen LogP contribution in [0.25, 0.3) is 5.52 Å². The highest BCUT2D eigenvalue weighted by atomic mass is 16.3. The average Bonchev–Trinajstić information content (AvgIpc) is 2.56. The molecule has 2 aromatic heterocycles. The van der Waals surface area contributed by atoms with Crippen LogP contribution in [0, 0.1) is 6.92 Å². The number of hydrogen-bond donors (Lipinski definition) is 2. The Balaban J connectivity index is 2.66. The van der Waals surface area contributed by atoms with Crippen LogP contribution in [-0.4, -0.2) is 26.1 Å². The van der Waals surface area contributed by atoms with Gasteiger partial charge in [-0.05, 0) is 6.92 Å². The van der Waals surface area contributed by atoms with E-state index < -0.39 is 6.04 Å². The van der Waals surface area contributed by atoms with Crippen LogP contribution < -0.4 is 5.73 Å². The van der Waals surface area contributed by atoms with Crippen molar-refractivity contribution < 1.29 is 5.11 Å². The molecule has 0 spiro atoms. The van der Waals surface area contributed by atoms with Crippen LogP contribution in [0.5, 0.6) is 0 Å². The number of aromatic nitrogens is 3. The molecule has 2 heterocycles. The monoisotopic (exact) mass is 192 g/mol. The lowest BCUT2D eigenvalue weighted by Crippen LogP contribution is -2.15. The summed E-state index contributed by atoms with van der Waals surface area (Å²) in [6, 6.07) is -0.442. The topological polar surface area (TPSA) is 76.4 Å². The molecular weight excluding hydrogens is 180 g/mol. The van der Waals surface area contributed by atoms with Gasteiger partial charge in [0.25, 0.3) is 0 Å². The molecule has 0 saturated carbocycles. The third-order valence-corrected chi connectivity index (χ3v) is 2.20. The Morgan fingerprint density at radius 1 is 1.64 bits per heavy atom. The zero-order valence-corrected chi connectivity index (χ0v) is 7.88. The fourth-order valence-corrected chi connectivity index (χ4v) is 1.48. The molecular formula is C9H12N4O. The highest BCUT2D eigenvalue weighted by molar-refractivity contribution is 5.52. The van der Waals surface area contributed by atoms with Gasteiger partial charge in [0.2, 0.25) is 0 Å². The maximum Gasteiger partial charge on any atom is 0.110 e. The Labute approximate surface area is 81.2 Å².